The average Bonchev–Trinajstić information content (AvgIpc) is 3.58. The normalized spacial score (nSPS) is 11.1. The van der Waals surface area contributed by atoms with Crippen molar-refractivity contribution in [3.05, 3.63) is 127 Å². The summed E-state index contributed by atoms with van der Waals surface area (Å²) in [6.45, 7) is 0. The second-order valence-corrected chi connectivity index (χ2v) is 8.47. The third-order valence-corrected chi connectivity index (χ3v) is 6.13. The van der Waals surface area contributed by atoms with Crippen LogP contribution >= 0.6 is 0 Å². The summed E-state index contributed by atoms with van der Waals surface area (Å²) < 4.78 is 5.93. The molecule has 2 heterocycles. The van der Waals surface area contributed by atoms with Crippen LogP contribution in [0.2, 0.25) is 0 Å². The van der Waals surface area contributed by atoms with Crippen molar-refractivity contribution < 1.29 is 9.21 Å². The fourth-order valence-electron chi connectivity index (χ4n) is 4.38. The van der Waals surface area contributed by atoms with Crippen molar-refractivity contribution in [1.29, 1.82) is 0 Å². The van der Waals surface area contributed by atoms with E-state index in [1.165, 1.54) is 0 Å². The van der Waals surface area contributed by atoms with Gasteiger partial charge in [0.2, 0.25) is 11.8 Å². The number of aromatic nitrogens is 3. The predicted molar refractivity (Wildman–Crippen MR) is 140 cm³/mol. The molecule has 2 N–H and O–H groups in total. The number of anilines is 1. The Kier molecular flexibility index (Phi) is 5.60. The van der Waals surface area contributed by atoms with Gasteiger partial charge in [-0.3, -0.25) is 9.89 Å². The molecule has 6 nitrogen and oxygen atoms in total. The molecule has 0 saturated carbocycles. The lowest BCUT2D eigenvalue weighted by molar-refractivity contribution is -0.116. The van der Waals surface area contributed by atoms with Crippen LogP contribution in [0.25, 0.3) is 33.8 Å². The number of nitrogens with one attached hydrogen (secondary N) is 2. The van der Waals surface area contributed by atoms with E-state index in [1.54, 1.807) is 6.20 Å². The summed E-state index contributed by atoms with van der Waals surface area (Å²) in [7, 11) is 0. The van der Waals surface area contributed by atoms with Crippen LogP contribution in [-0.4, -0.2) is 21.1 Å². The monoisotopic (exact) mass is 470 g/mol. The van der Waals surface area contributed by atoms with E-state index >= 15 is 0 Å². The van der Waals surface area contributed by atoms with Gasteiger partial charge in [0.1, 0.15) is 5.52 Å². The zero-order chi connectivity index (χ0) is 24.3. The Hall–Kier alpha value is -4.97. The van der Waals surface area contributed by atoms with E-state index in [-0.39, 0.29) is 5.91 Å². The minimum atomic E-state index is -0.412. The molecule has 0 saturated heterocycles. The number of hydrogen-bond donors (Lipinski definition) is 2. The van der Waals surface area contributed by atoms with Gasteiger partial charge < -0.3 is 9.73 Å². The Morgan fingerprint density at radius 3 is 2.08 bits per heavy atom. The summed E-state index contributed by atoms with van der Waals surface area (Å²) >= 11 is 0. The van der Waals surface area contributed by atoms with Crippen LogP contribution in [0, 0.1) is 0 Å². The Bertz CT molecular complexity index is 1550. The highest BCUT2D eigenvalue weighted by Gasteiger charge is 2.23. The van der Waals surface area contributed by atoms with Gasteiger partial charge in [-0.25, -0.2) is 4.98 Å². The number of fused-ring (bicyclic) bond motifs is 1. The standard InChI is InChI=1S/C30H22N4O2/c35-29(27(20-9-3-1-4-10-20)21-11-5-2-6-12-21)32-23-17-15-22(16-18-23)28-24(19-31-34-28)30-33-25-13-7-8-14-26(25)36-30/h1-19,27H,(H,31,34)(H,32,35). The summed E-state index contributed by atoms with van der Waals surface area (Å²) in [6, 6.07) is 34.9. The van der Waals surface area contributed by atoms with Gasteiger partial charge >= 0.3 is 0 Å². The lowest BCUT2D eigenvalue weighted by Crippen LogP contribution is -2.22. The van der Waals surface area contributed by atoms with E-state index in [2.05, 4.69) is 20.5 Å². The Balaban J connectivity index is 1.26. The summed E-state index contributed by atoms with van der Waals surface area (Å²) in [5, 5.41) is 10.3. The van der Waals surface area contributed by atoms with Crippen LogP contribution in [0.4, 0.5) is 5.69 Å². The fourth-order valence-corrected chi connectivity index (χ4v) is 4.38. The molecule has 0 aliphatic rings. The molecule has 0 aliphatic heterocycles. The van der Waals surface area contributed by atoms with E-state index in [9.17, 15) is 4.79 Å². The van der Waals surface area contributed by atoms with Crippen LogP contribution in [0.5, 0.6) is 0 Å². The van der Waals surface area contributed by atoms with Crippen LogP contribution in [0.3, 0.4) is 0 Å². The number of rotatable bonds is 6. The predicted octanol–water partition coefficient (Wildman–Crippen LogP) is 6.66. The van der Waals surface area contributed by atoms with Gasteiger partial charge in [0, 0.05) is 11.3 Å². The van der Waals surface area contributed by atoms with Crippen molar-refractivity contribution >= 4 is 22.7 Å². The maximum absolute atomic E-state index is 13.4. The fraction of sp³-hybridized carbons (Fsp3) is 0.0333. The van der Waals surface area contributed by atoms with Crippen molar-refractivity contribution in [2.75, 3.05) is 5.32 Å². The molecule has 0 atom stereocenters. The molecule has 6 rings (SSSR count). The third kappa shape index (κ3) is 4.16. The summed E-state index contributed by atoms with van der Waals surface area (Å²) in [5.74, 6) is 0.00481. The smallest absolute Gasteiger partial charge is 0.236 e. The average molecular weight is 471 g/mol. The first-order valence-electron chi connectivity index (χ1n) is 11.7. The zero-order valence-corrected chi connectivity index (χ0v) is 19.3. The number of para-hydroxylation sites is 2. The number of benzene rings is 4. The van der Waals surface area contributed by atoms with Crippen LogP contribution in [0.15, 0.2) is 120 Å². The SMILES string of the molecule is O=C(Nc1ccc(-c2[nH]ncc2-c2nc3ccccc3o2)cc1)C(c1ccccc1)c1ccccc1. The highest BCUT2D eigenvalue weighted by atomic mass is 16.3. The number of H-pyrrole nitrogens is 1. The number of hydrogen-bond acceptors (Lipinski definition) is 4. The first-order chi connectivity index (χ1) is 17.8. The Labute approximate surface area is 207 Å². The maximum atomic E-state index is 13.4. The number of nitrogens with zero attached hydrogens (tertiary/aromatic N) is 2. The van der Waals surface area contributed by atoms with Crippen molar-refractivity contribution in [1.82, 2.24) is 15.2 Å². The van der Waals surface area contributed by atoms with Crippen molar-refractivity contribution in [2.45, 2.75) is 5.92 Å². The number of oxazole rings is 1. The first kappa shape index (κ1) is 21.6. The van der Waals surface area contributed by atoms with Crippen LogP contribution in [0.1, 0.15) is 17.0 Å². The summed E-state index contributed by atoms with van der Waals surface area (Å²) in [6.07, 6.45) is 1.71. The first-order valence-corrected chi connectivity index (χ1v) is 11.7. The zero-order valence-electron chi connectivity index (χ0n) is 19.3. The van der Waals surface area contributed by atoms with Gasteiger partial charge in [-0.2, -0.15) is 5.10 Å². The second-order valence-electron chi connectivity index (χ2n) is 8.47. The van der Waals surface area contributed by atoms with Gasteiger partial charge in [-0.1, -0.05) is 84.9 Å². The molecule has 4 aromatic carbocycles. The molecule has 174 valence electrons. The summed E-state index contributed by atoms with van der Waals surface area (Å²) in [5.41, 5.74) is 6.60. The molecular weight excluding hydrogens is 448 g/mol. The number of carbonyl (C=O) groups excluding carboxylic acids is 1. The van der Waals surface area contributed by atoms with Gasteiger partial charge in [-0.15, -0.1) is 0 Å². The third-order valence-electron chi connectivity index (χ3n) is 6.13. The summed E-state index contributed by atoms with van der Waals surface area (Å²) in [4.78, 5) is 18.0. The second kappa shape index (κ2) is 9.35. The number of carbonyl (C=O) groups is 1. The quantitative estimate of drug-likeness (QED) is 0.285. The van der Waals surface area contributed by atoms with Crippen molar-refractivity contribution in [3.8, 4) is 22.7 Å². The Morgan fingerprint density at radius 1 is 0.778 bits per heavy atom. The molecule has 6 aromatic rings. The van der Waals surface area contributed by atoms with E-state index < -0.39 is 5.92 Å². The number of aromatic amines is 1. The maximum Gasteiger partial charge on any atom is 0.236 e. The van der Waals surface area contributed by atoms with E-state index in [0.29, 0.717) is 11.6 Å². The Morgan fingerprint density at radius 2 is 1.42 bits per heavy atom. The molecule has 0 fully saturated rings. The van der Waals surface area contributed by atoms with E-state index in [1.807, 2.05) is 109 Å². The minimum absolute atomic E-state index is 0.0890. The van der Waals surface area contributed by atoms with Gasteiger partial charge in [0.25, 0.3) is 0 Å². The molecular formula is C30H22N4O2. The van der Waals surface area contributed by atoms with E-state index in [4.69, 9.17) is 4.42 Å². The molecule has 6 heteroatoms. The molecule has 0 aliphatic carbocycles. The molecule has 0 bridgehead atoms. The van der Waals surface area contributed by atoms with Gasteiger partial charge in [0.05, 0.1) is 23.4 Å². The van der Waals surface area contributed by atoms with Crippen molar-refractivity contribution in [2.24, 2.45) is 0 Å². The highest BCUT2D eigenvalue weighted by Crippen LogP contribution is 2.32. The lowest BCUT2D eigenvalue weighted by Gasteiger charge is -2.18. The van der Waals surface area contributed by atoms with Crippen molar-refractivity contribution in [3.63, 3.8) is 0 Å². The lowest BCUT2D eigenvalue weighted by atomic mass is 9.90. The molecule has 0 radical (unpaired) electrons. The molecule has 1 amide bonds. The molecule has 0 spiro atoms. The highest BCUT2D eigenvalue weighted by molar-refractivity contribution is 5.98. The minimum Gasteiger partial charge on any atom is -0.436 e. The topological polar surface area (TPSA) is 83.8 Å². The largest absolute Gasteiger partial charge is 0.436 e. The van der Waals surface area contributed by atoms with Gasteiger partial charge in [0.15, 0.2) is 5.58 Å². The molecule has 2 aromatic heterocycles. The molecule has 36 heavy (non-hydrogen) atoms. The number of amides is 1. The van der Waals surface area contributed by atoms with Gasteiger partial charge in [-0.05, 0) is 35.4 Å². The van der Waals surface area contributed by atoms with Crippen LogP contribution in [-0.2, 0) is 4.79 Å². The van der Waals surface area contributed by atoms with Crippen LogP contribution < -0.4 is 5.32 Å². The molecule has 0 unspecified atom stereocenters. The van der Waals surface area contributed by atoms with E-state index in [0.717, 1.165) is 39.0 Å².